The molecule has 0 unspecified atom stereocenters. The van der Waals surface area contributed by atoms with Gasteiger partial charge in [0.2, 0.25) is 3.79 Å². The quantitative estimate of drug-likeness (QED) is 0.122. The number of alkyl halides is 3. The normalized spacial score (nSPS) is 26.5. The second-order valence-electron chi connectivity index (χ2n) is 15.0. The van der Waals surface area contributed by atoms with Gasteiger partial charge >= 0.3 is 12.1 Å². The van der Waals surface area contributed by atoms with E-state index in [4.69, 9.17) is 53.4 Å². The molecule has 0 radical (unpaired) electrons. The van der Waals surface area contributed by atoms with Crippen LogP contribution in [0.5, 0.6) is 0 Å². The van der Waals surface area contributed by atoms with Gasteiger partial charge in [-0.15, -0.1) is 11.3 Å². The SMILES string of the molecule is C/C(=C\c1csc(C)n1)[C@@H]1C/C=C\CCC[C@H](C)[C@H](OC(=O)OCC(Cl)(Cl)Cl)[C@@H](C)C(=O)C(C)(C)[C@@H](O[Si](C)(C)C(C)(C)C)CC(=O)O1. The number of esters is 1. The lowest BCUT2D eigenvalue weighted by atomic mass is 9.73. The number of hydrogen-bond donors (Lipinski definition) is 0. The molecule has 1 aliphatic heterocycles. The Morgan fingerprint density at radius 1 is 1.17 bits per heavy atom. The number of allylic oxidation sites excluding steroid dienone is 1. The highest BCUT2D eigenvalue weighted by Crippen LogP contribution is 2.42. The Hall–Kier alpha value is -1.43. The van der Waals surface area contributed by atoms with Crippen molar-refractivity contribution < 1.29 is 33.0 Å². The van der Waals surface area contributed by atoms with Crippen LogP contribution in [0.15, 0.2) is 23.1 Å². The van der Waals surface area contributed by atoms with Crippen molar-refractivity contribution >= 4 is 78.4 Å². The van der Waals surface area contributed by atoms with Crippen molar-refractivity contribution in [3.63, 3.8) is 0 Å². The van der Waals surface area contributed by atoms with E-state index in [0.29, 0.717) is 12.8 Å². The molecular weight excluding hydrogens is 713 g/mol. The molecule has 5 atom stereocenters. The monoisotopic (exact) mass is 765 g/mol. The Labute approximate surface area is 307 Å². The van der Waals surface area contributed by atoms with Gasteiger partial charge in [-0.05, 0) is 68.8 Å². The third kappa shape index (κ3) is 13.0. The zero-order valence-corrected chi connectivity index (χ0v) is 34.4. The first-order valence-corrected chi connectivity index (χ1v) is 21.4. The second-order valence-corrected chi connectivity index (χ2v) is 23.3. The van der Waals surface area contributed by atoms with Crippen LogP contribution in [-0.2, 0) is 28.2 Å². The molecule has 2 heterocycles. The summed E-state index contributed by atoms with van der Waals surface area (Å²) in [5.41, 5.74) is 0.538. The van der Waals surface area contributed by atoms with Crippen molar-refractivity contribution in [1.82, 2.24) is 4.98 Å². The van der Waals surface area contributed by atoms with Crippen molar-refractivity contribution in [2.24, 2.45) is 17.3 Å². The van der Waals surface area contributed by atoms with E-state index in [2.05, 4.69) is 44.9 Å². The lowest BCUT2D eigenvalue weighted by molar-refractivity contribution is -0.153. The number of aromatic nitrogens is 1. The van der Waals surface area contributed by atoms with Crippen molar-refractivity contribution in [3.05, 3.63) is 33.8 Å². The molecule has 0 N–H and O–H groups in total. The third-order valence-electron chi connectivity index (χ3n) is 9.43. The summed E-state index contributed by atoms with van der Waals surface area (Å²) in [5, 5.41) is 2.74. The molecule has 1 aromatic rings. The molecule has 0 saturated heterocycles. The number of ketones is 1. The Kier molecular flexibility index (Phi) is 15.7. The predicted octanol–water partition coefficient (Wildman–Crippen LogP) is 10.4. The molecule has 0 saturated carbocycles. The number of nitrogens with zero attached hydrogens (tertiary/aromatic N) is 1. The molecule has 1 aliphatic rings. The highest BCUT2D eigenvalue weighted by atomic mass is 35.6. The Morgan fingerprint density at radius 3 is 2.38 bits per heavy atom. The molecule has 1 aromatic heterocycles. The van der Waals surface area contributed by atoms with Crippen molar-refractivity contribution in [2.75, 3.05) is 6.61 Å². The number of ether oxygens (including phenoxy) is 3. The first kappa shape index (κ1) is 42.7. The Bertz CT molecular complexity index is 1320. The number of hydrogen-bond acceptors (Lipinski definition) is 9. The van der Waals surface area contributed by atoms with E-state index in [-0.39, 0.29) is 23.2 Å². The van der Waals surface area contributed by atoms with Gasteiger partial charge in [0.1, 0.15) is 24.6 Å². The zero-order valence-electron chi connectivity index (χ0n) is 30.3. The fourth-order valence-electron chi connectivity index (χ4n) is 5.39. The standard InChI is InChI=1S/C35H54Cl3NO7SSi/c1-22-16-14-12-13-15-17-27(23(2)18-26-20-47-25(4)39-26)44-29(40)19-28(46-48(10,11)33(5,6)7)34(8,9)31(41)24(3)30(22)45-32(42)43-21-35(36,37)38/h13,15,18,20,22,24,27-28,30H,12,14,16-17,19,21H2,1-11H3/b15-13-,23-18+/t22-,24+,27-,28-,30-/m0/s1. The molecule has 0 bridgehead atoms. The van der Waals surface area contributed by atoms with Crippen molar-refractivity contribution in [2.45, 2.75) is 135 Å². The maximum atomic E-state index is 14.5. The second kappa shape index (κ2) is 17.7. The van der Waals surface area contributed by atoms with E-state index >= 15 is 0 Å². The average molecular weight is 767 g/mol. The van der Waals surface area contributed by atoms with E-state index in [0.717, 1.165) is 29.1 Å². The number of halogens is 3. The first-order chi connectivity index (χ1) is 21.9. The maximum absolute atomic E-state index is 14.5. The van der Waals surface area contributed by atoms with E-state index in [9.17, 15) is 14.4 Å². The largest absolute Gasteiger partial charge is 0.508 e. The summed E-state index contributed by atoms with van der Waals surface area (Å²) in [6.07, 6.45) is 5.43. The lowest BCUT2D eigenvalue weighted by Crippen LogP contribution is -2.53. The highest BCUT2D eigenvalue weighted by molar-refractivity contribution is 7.09. The van der Waals surface area contributed by atoms with Crippen LogP contribution in [0.25, 0.3) is 6.08 Å². The van der Waals surface area contributed by atoms with E-state index in [1.54, 1.807) is 32.1 Å². The molecule has 0 amide bonds. The number of Topliss-reactive ketones (excluding diaryl/α,β-unsaturated/α-hetero) is 1. The minimum atomic E-state index is -2.49. The van der Waals surface area contributed by atoms with Crippen LogP contribution in [0.3, 0.4) is 0 Å². The molecule has 272 valence electrons. The van der Waals surface area contributed by atoms with Gasteiger partial charge in [-0.2, -0.15) is 0 Å². The molecule has 8 nitrogen and oxygen atoms in total. The summed E-state index contributed by atoms with van der Waals surface area (Å²) < 4.78 is 22.0. The molecule has 0 aromatic carbocycles. The summed E-state index contributed by atoms with van der Waals surface area (Å²) in [4.78, 5) is 45.6. The van der Waals surface area contributed by atoms with Crippen LogP contribution >= 0.6 is 46.1 Å². The fourth-order valence-corrected chi connectivity index (χ4v) is 7.56. The fraction of sp³-hybridized carbons (Fsp3) is 0.714. The molecule has 13 heteroatoms. The third-order valence-corrected chi connectivity index (χ3v) is 15.0. The topological polar surface area (TPSA) is 101 Å². The predicted molar refractivity (Wildman–Crippen MR) is 198 cm³/mol. The number of carbonyl (C=O) groups is 3. The summed E-state index contributed by atoms with van der Waals surface area (Å²) in [7, 11) is -2.49. The van der Waals surface area contributed by atoms with Crippen molar-refractivity contribution in [3.8, 4) is 0 Å². The number of cyclic esters (lactones) is 1. The van der Waals surface area contributed by atoms with Crippen LogP contribution in [-0.4, -0.2) is 59.9 Å². The molecule has 0 spiro atoms. The zero-order chi connectivity index (χ0) is 36.7. The summed E-state index contributed by atoms with van der Waals surface area (Å²) in [6, 6.07) is 0. The summed E-state index contributed by atoms with van der Waals surface area (Å²) in [6.45, 7) is 21.2. The smallest absolute Gasteiger partial charge is 0.457 e. The minimum Gasteiger partial charge on any atom is -0.457 e. The van der Waals surface area contributed by atoms with Gasteiger partial charge in [0.15, 0.2) is 8.32 Å². The molecule has 48 heavy (non-hydrogen) atoms. The number of aryl methyl sites for hydroxylation is 1. The lowest BCUT2D eigenvalue weighted by Gasteiger charge is -2.44. The van der Waals surface area contributed by atoms with Gasteiger partial charge in [0.05, 0.1) is 29.1 Å². The van der Waals surface area contributed by atoms with Gasteiger partial charge in [0, 0.05) is 17.2 Å². The Morgan fingerprint density at radius 2 is 1.81 bits per heavy atom. The highest BCUT2D eigenvalue weighted by Gasteiger charge is 2.49. The minimum absolute atomic E-state index is 0.131. The van der Waals surface area contributed by atoms with Crippen LogP contribution < -0.4 is 0 Å². The van der Waals surface area contributed by atoms with Crippen LogP contribution in [0.4, 0.5) is 4.79 Å². The number of carbonyl (C=O) groups excluding carboxylic acids is 3. The van der Waals surface area contributed by atoms with E-state index in [1.165, 1.54) is 0 Å². The van der Waals surface area contributed by atoms with E-state index in [1.807, 2.05) is 38.3 Å². The summed E-state index contributed by atoms with van der Waals surface area (Å²) >= 11 is 18.9. The van der Waals surface area contributed by atoms with Gasteiger partial charge in [-0.3, -0.25) is 9.59 Å². The van der Waals surface area contributed by atoms with Gasteiger partial charge in [-0.25, -0.2) is 9.78 Å². The van der Waals surface area contributed by atoms with Gasteiger partial charge in [0.25, 0.3) is 0 Å². The van der Waals surface area contributed by atoms with Crippen LogP contribution in [0, 0.1) is 24.2 Å². The summed E-state index contributed by atoms with van der Waals surface area (Å²) in [5.74, 6) is -1.63. The average Bonchev–Trinajstić information content (AvgIpc) is 3.37. The molecule has 0 aliphatic carbocycles. The first-order valence-electron chi connectivity index (χ1n) is 16.5. The number of rotatable bonds is 6. The molecule has 2 rings (SSSR count). The Balaban J connectivity index is 2.55. The van der Waals surface area contributed by atoms with E-state index < -0.39 is 60.5 Å². The molecular formula is C35H54Cl3NO7SSi. The maximum Gasteiger partial charge on any atom is 0.508 e. The van der Waals surface area contributed by atoms with Gasteiger partial charge < -0.3 is 18.6 Å². The molecule has 0 fully saturated rings. The van der Waals surface area contributed by atoms with Crippen LogP contribution in [0.2, 0.25) is 18.1 Å². The van der Waals surface area contributed by atoms with Crippen LogP contribution in [0.1, 0.15) is 98.2 Å². The number of thiazole rings is 1. The van der Waals surface area contributed by atoms with Crippen molar-refractivity contribution in [1.29, 1.82) is 0 Å². The van der Waals surface area contributed by atoms with Gasteiger partial charge in [-0.1, -0.05) is 95.4 Å².